The highest BCUT2D eigenvalue weighted by atomic mass is 127. The lowest BCUT2D eigenvalue weighted by Gasteiger charge is -2.13. The number of aryl methyl sites for hydroxylation is 1. The molecule has 0 radical (unpaired) electrons. The van der Waals surface area contributed by atoms with E-state index in [9.17, 15) is 14.4 Å². The highest BCUT2D eigenvalue weighted by Gasteiger charge is 2.22. The Morgan fingerprint density at radius 1 is 1.15 bits per heavy atom. The summed E-state index contributed by atoms with van der Waals surface area (Å²) in [5.41, 5.74) is 1.000. The summed E-state index contributed by atoms with van der Waals surface area (Å²) in [6, 6.07) is 8.22. The lowest BCUT2D eigenvalue weighted by molar-refractivity contribution is -0.143. The molecule has 0 saturated carbocycles. The molecule has 0 saturated heterocycles. The van der Waals surface area contributed by atoms with Gasteiger partial charge in [-0.1, -0.05) is 30.3 Å². The van der Waals surface area contributed by atoms with Gasteiger partial charge in [0.15, 0.2) is 0 Å². The second kappa shape index (κ2) is 8.51. The van der Waals surface area contributed by atoms with Gasteiger partial charge in [0.25, 0.3) is 0 Å². The third kappa shape index (κ3) is 6.00. The molecule has 7 heteroatoms. The molecule has 1 rings (SSSR count). The average Bonchev–Trinajstić information content (AvgIpc) is 2.45. The van der Waals surface area contributed by atoms with Gasteiger partial charge in [0.2, 0.25) is 11.8 Å². The molecule has 0 aliphatic rings. The van der Waals surface area contributed by atoms with E-state index in [0.29, 0.717) is 6.42 Å². The molecule has 0 fully saturated rings. The van der Waals surface area contributed by atoms with Crippen LogP contribution in [0.1, 0.15) is 18.4 Å². The van der Waals surface area contributed by atoms with Crippen LogP contribution in [0.2, 0.25) is 0 Å². The van der Waals surface area contributed by atoms with Crippen LogP contribution < -0.4 is 8.85 Å². The van der Waals surface area contributed by atoms with Crippen molar-refractivity contribution in [1.29, 1.82) is 0 Å². The van der Waals surface area contributed by atoms with Gasteiger partial charge in [-0.05, 0) is 12.0 Å². The molecule has 1 atom stereocenters. The summed E-state index contributed by atoms with van der Waals surface area (Å²) in [5, 5.41) is 11.3. The minimum Gasteiger partial charge on any atom is -0.480 e. The molecule has 1 aromatic rings. The number of hydrogen-bond acceptors (Lipinski definition) is 3. The third-order valence-corrected chi connectivity index (χ3v) is 3.21. The van der Waals surface area contributed by atoms with Crippen LogP contribution in [0.15, 0.2) is 30.3 Å². The summed E-state index contributed by atoms with van der Waals surface area (Å²) in [5.74, 6) is -2.05. The monoisotopic (exact) mass is 390 g/mol. The fourth-order valence-electron chi connectivity index (χ4n) is 1.59. The van der Waals surface area contributed by atoms with Crippen molar-refractivity contribution in [3.05, 3.63) is 35.9 Å². The standard InChI is InChI=1S/C13H15IN2O4/c14-16-12(18)8-10(13(19)20)15-11(17)7-6-9-4-2-1-3-5-9/h1-5,10H,6-8H2,(H,15,17)(H,16,18)(H,19,20)/t10-/m0/s1. The maximum Gasteiger partial charge on any atom is 0.326 e. The Labute approximate surface area is 130 Å². The van der Waals surface area contributed by atoms with Crippen LogP contribution in [0.4, 0.5) is 0 Å². The Morgan fingerprint density at radius 2 is 1.80 bits per heavy atom. The summed E-state index contributed by atoms with van der Waals surface area (Å²) in [4.78, 5) is 33.8. The van der Waals surface area contributed by atoms with Gasteiger partial charge in [0.1, 0.15) is 6.04 Å². The number of carboxylic acids is 1. The van der Waals surface area contributed by atoms with Crippen molar-refractivity contribution in [2.24, 2.45) is 0 Å². The van der Waals surface area contributed by atoms with Crippen molar-refractivity contribution in [2.45, 2.75) is 25.3 Å². The molecule has 20 heavy (non-hydrogen) atoms. The van der Waals surface area contributed by atoms with E-state index in [-0.39, 0.29) is 18.7 Å². The van der Waals surface area contributed by atoms with Crippen molar-refractivity contribution in [3.8, 4) is 0 Å². The van der Waals surface area contributed by atoms with Crippen LogP contribution in [0.25, 0.3) is 0 Å². The lowest BCUT2D eigenvalue weighted by atomic mass is 10.1. The summed E-state index contributed by atoms with van der Waals surface area (Å²) >= 11 is 1.62. The molecule has 1 aromatic carbocycles. The van der Waals surface area contributed by atoms with Gasteiger partial charge in [0.05, 0.1) is 29.3 Å². The molecule has 2 amide bonds. The van der Waals surface area contributed by atoms with E-state index < -0.39 is 17.9 Å². The summed E-state index contributed by atoms with van der Waals surface area (Å²) < 4.78 is 2.30. The van der Waals surface area contributed by atoms with Gasteiger partial charge in [-0.25, -0.2) is 4.79 Å². The van der Waals surface area contributed by atoms with Crippen molar-refractivity contribution in [3.63, 3.8) is 0 Å². The summed E-state index contributed by atoms with van der Waals surface area (Å²) in [6.07, 6.45) is 0.423. The van der Waals surface area contributed by atoms with E-state index in [2.05, 4.69) is 8.85 Å². The minimum atomic E-state index is -1.22. The molecule has 0 bridgehead atoms. The zero-order chi connectivity index (χ0) is 15.0. The number of carboxylic acid groups (broad SMARTS) is 1. The fourth-order valence-corrected chi connectivity index (χ4v) is 1.81. The first kappa shape index (κ1) is 16.4. The molecular weight excluding hydrogens is 375 g/mol. The maximum atomic E-state index is 11.7. The van der Waals surface area contributed by atoms with Crippen LogP contribution in [0, 0.1) is 0 Å². The van der Waals surface area contributed by atoms with E-state index in [1.807, 2.05) is 30.3 Å². The van der Waals surface area contributed by atoms with Crippen molar-refractivity contribution >= 4 is 40.6 Å². The Hall–Kier alpha value is -1.64. The van der Waals surface area contributed by atoms with Crippen LogP contribution in [0.5, 0.6) is 0 Å². The molecule has 0 aliphatic heterocycles. The van der Waals surface area contributed by atoms with Crippen molar-refractivity contribution in [2.75, 3.05) is 0 Å². The normalized spacial score (nSPS) is 11.4. The average molecular weight is 390 g/mol. The molecule has 108 valence electrons. The van der Waals surface area contributed by atoms with E-state index in [1.165, 1.54) is 0 Å². The van der Waals surface area contributed by atoms with Gasteiger partial charge in [0, 0.05) is 6.42 Å². The second-order valence-electron chi connectivity index (χ2n) is 4.17. The van der Waals surface area contributed by atoms with E-state index >= 15 is 0 Å². The lowest BCUT2D eigenvalue weighted by Crippen LogP contribution is -2.43. The molecular formula is C13H15IN2O4. The Balaban J connectivity index is 2.46. The molecule has 0 aliphatic carbocycles. The van der Waals surface area contributed by atoms with E-state index in [1.54, 1.807) is 22.9 Å². The number of nitrogens with one attached hydrogen (secondary N) is 2. The first-order valence-corrected chi connectivity index (χ1v) is 7.06. The Morgan fingerprint density at radius 3 is 2.35 bits per heavy atom. The second-order valence-corrected chi connectivity index (χ2v) is 4.71. The number of benzene rings is 1. The van der Waals surface area contributed by atoms with Crippen LogP contribution in [-0.4, -0.2) is 28.9 Å². The van der Waals surface area contributed by atoms with Crippen LogP contribution >= 0.6 is 22.9 Å². The van der Waals surface area contributed by atoms with E-state index in [4.69, 9.17) is 5.11 Å². The smallest absolute Gasteiger partial charge is 0.326 e. The zero-order valence-corrected chi connectivity index (χ0v) is 12.8. The van der Waals surface area contributed by atoms with Gasteiger partial charge in [-0.3, -0.25) is 13.1 Å². The number of carbonyl (C=O) groups excluding carboxylic acids is 2. The number of halogens is 1. The largest absolute Gasteiger partial charge is 0.480 e. The van der Waals surface area contributed by atoms with Crippen molar-refractivity contribution in [1.82, 2.24) is 8.85 Å². The highest BCUT2D eigenvalue weighted by Crippen LogP contribution is 2.03. The number of amides is 2. The van der Waals surface area contributed by atoms with E-state index in [0.717, 1.165) is 5.56 Å². The number of hydrogen-bond donors (Lipinski definition) is 3. The predicted molar refractivity (Wildman–Crippen MR) is 81.1 cm³/mol. The molecule has 0 aromatic heterocycles. The first-order valence-electron chi connectivity index (χ1n) is 5.98. The van der Waals surface area contributed by atoms with Gasteiger partial charge < -0.3 is 10.4 Å². The van der Waals surface area contributed by atoms with Crippen molar-refractivity contribution < 1.29 is 19.5 Å². The number of rotatable bonds is 7. The van der Waals surface area contributed by atoms with Gasteiger partial charge in [-0.15, -0.1) is 0 Å². The predicted octanol–water partition coefficient (Wildman–Crippen LogP) is 1.04. The molecule has 0 spiro atoms. The Kier molecular flexibility index (Phi) is 6.99. The highest BCUT2D eigenvalue weighted by molar-refractivity contribution is 14.1. The topological polar surface area (TPSA) is 95.5 Å². The molecule has 3 N–H and O–H groups in total. The first-order chi connectivity index (χ1) is 9.52. The fraction of sp³-hybridized carbons (Fsp3) is 0.308. The SMILES string of the molecule is O=C(C[C@H](NC(=O)CCc1ccccc1)C(=O)O)NI. The molecule has 0 unspecified atom stereocenters. The van der Waals surface area contributed by atoms with Gasteiger partial charge >= 0.3 is 5.97 Å². The molecule has 6 nitrogen and oxygen atoms in total. The van der Waals surface area contributed by atoms with Crippen LogP contribution in [0.3, 0.4) is 0 Å². The number of carbonyl (C=O) groups is 3. The summed E-state index contributed by atoms with van der Waals surface area (Å²) in [7, 11) is 0. The quantitative estimate of drug-likeness (QED) is 0.479. The zero-order valence-electron chi connectivity index (χ0n) is 10.6. The number of aliphatic carboxylic acids is 1. The Bertz CT molecular complexity index is 479. The molecule has 0 heterocycles. The maximum absolute atomic E-state index is 11.7. The summed E-state index contributed by atoms with van der Waals surface area (Å²) in [6.45, 7) is 0. The third-order valence-electron chi connectivity index (χ3n) is 2.61. The van der Waals surface area contributed by atoms with Gasteiger partial charge in [-0.2, -0.15) is 0 Å². The minimum absolute atomic E-state index is 0.180. The van der Waals surface area contributed by atoms with Crippen LogP contribution in [-0.2, 0) is 20.8 Å².